The Morgan fingerprint density at radius 1 is 1.47 bits per heavy atom. The maximum absolute atomic E-state index is 6.16. The van der Waals surface area contributed by atoms with Crippen LogP contribution in [0.25, 0.3) is 0 Å². The van der Waals surface area contributed by atoms with Gasteiger partial charge in [-0.15, -0.1) is 0 Å². The van der Waals surface area contributed by atoms with Crippen molar-refractivity contribution >= 4 is 11.6 Å². The Balaban J connectivity index is 3.05. The normalized spacial score (nSPS) is 14.7. The molecule has 15 heavy (non-hydrogen) atoms. The van der Waals surface area contributed by atoms with Crippen LogP contribution in [0.15, 0.2) is 18.2 Å². The Morgan fingerprint density at radius 2 is 2.13 bits per heavy atom. The molecule has 0 fully saturated rings. The topological polar surface area (TPSA) is 35.2 Å². The van der Waals surface area contributed by atoms with Crippen LogP contribution in [0, 0.1) is 5.92 Å². The molecule has 0 saturated heterocycles. The van der Waals surface area contributed by atoms with E-state index < -0.39 is 0 Å². The van der Waals surface area contributed by atoms with Gasteiger partial charge in [0.05, 0.1) is 7.11 Å². The van der Waals surface area contributed by atoms with Gasteiger partial charge >= 0.3 is 0 Å². The van der Waals surface area contributed by atoms with E-state index in [1.165, 1.54) is 0 Å². The zero-order valence-corrected chi connectivity index (χ0v) is 10.2. The van der Waals surface area contributed by atoms with E-state index in [4.69, 9.17) is 22.1 Å². The van der Waals surface area contributed by atoms with E-state index in [1.807, 2.05) is 18.2 Å². The Kier molecular flexibility index (Phi) is 4.43. The number of hydrogen-bond acceptors (Lipinski definition) is 2. The molecule has 0 spiro atoms. The molecule has 84 valence electrons. The maximum Gasteiger partial charge on any atom is 0.123 e. The molecule has 0 aromatic heterocycles. The molecule has 0 amide bonds. The molecule has 2 N–H and O–H groups in total. The molecule has 0 aliphatic heterocycles. The average Bonchev–Trinajstić information content (AvgIpc) is 2.27. The summed E-state index contributed by atoms with van der Waals surface area (Å²) in [7, 11) is 1.65. The fraction of sp³-hybridized carbons (Fsp3) is 0.500. The van der Waals surface area contributed by atoms with E-state index in [2.05, 4.69) is 13.8 Å². The van der Waals surface area contributed by atoms with E-state index >= 15 is 0 Å². The quantitative estimate of drug-likeness (QED) is 0.856. The Bertz CT molecular complexity index is 327. The van der Waals surface area contributed by atoms with Crippen LogP contribution >= 0.6 is 11.6 Å². The smallest absolute Gasteiger partial charge is 0.123 e. The zero-order valence-electron chi connectivity index (χ0n) is 9.46. The van der Waals surface area contributed by atoms with Crippen LogP contribution in [0.1, 0.15) is 31.9 Å². The van der Waals surface area contributed by atoms with Crippen molar-refractivity contribution in [2.45, 2.75) is 26.3 Å². The average molecular weight is 228 g/mol. The van der Waals surface area contributed by atoms with E-state index in [9.17, 15) is 0 Å². The summed E-state index contributed by atoms with van der Waals surface area (Å²) < 4.78 is 5.28. The van der Waals surface area contributed by atoms with Crippen molar-refractivity contribution in [2.75, 3.05) is 7.11 Å². The van der Waals surface area contributed by atoms with Crippen LogP contribution in [-0.2, 0) is 0 Å². The monoisotopic (exact) mass is 227 g/mol. The number of nitrogens with two attached hydrogens (primary N) is 1. The SMILES string of the molecule is CCC(C)[C@@H](N)c1cc(Cl)ccc1OC. The lowest BCUT2D eigenvalue weighted by Gasteiger charge is -2.21. The number of hydrogen-bond donors (Lipinski definition) is 1. The maximum atomic E-state index is 6.16. The van der Waals surface area contributed by atoms with Crippen molar-refractivity contribution in [1.29, 1.82) is 0 Å². The van der Waals surface area contributed by atoms with Crippen LogP contribution in [-0.4, -0.2) is 7.11 Å². The van der Waals surface area contributed by atoms with E-state index in [0.717, 1.165) is 17.7 Å². The predicted molar refractivity (Wildman–Crippen MR) is 64.4 cm³/mol. The van der Waals surface area contributed by atoms with Crippen molar-refractivity contribution in [3.8, 4) is 5.75 Å². The molecule has 1 aromatic rings. The van der Waals surface area contributed by atoms with Gasteiger partial charge in [0, 0.05) is 16.6 Å². The molecular weight excluding hydrogens is 210 g/mol. The molecule has 1 aromatic carbocycles. The second kappa shape index (κ2) is 5.38. The molecule has 0 heterocycles. The van der Waals surface area contributed by atoms with Gasteiger partial charge in [-0.05, 0) is 24.1 Å². The third kappa shape index (κ3) is 2.86. The summed E-state index contributed by atoms with van der Waals surface area (Å²) in [6.45, 7) is 4.26. The molecule has 1 unspecified atom stereocenters. The fourth-order valence-electron chi connectivity index (χ4n) is 1.53. The molecule has 0 radical (unpaired) electrons. The summed E-state index contributed by atoms with van der Waals surface area (Å²) >= 11 is 5.95. The number of methoxy groups -OCH3 is 1. The lowest BCUT2D eigenvalue weighted by molar-refractivity contribution is 0.388. The summed E-state index contributed by atoms with van der Waals surface area (Å²) in [5, 5.41) is 0.699. The highest BCUT2D eigenvalue weighted by atomic mass is 35.5. The van der Waals surface area contributed by atoms with Gasteiger partial charge in [-0.1, -0.05) is 31.9 Å². The second-order valence-corrected chi connectivity index (χ2v) is 4.23. The number of halogens is 1. The molecule has 3 heteroatoms. The van der Waals surface area contributed by atoms with Gasteiger partial charge in [0.15, 0.2) is 0 Å². The number of ether oxygens (including phenoxy) is 1. The van der Waals surface area contributed by atoms with E-state index in [-0.39, 0.29) is 6.04 Å². The standard InChI is InChI=1S/C12H18ClNO/c1-4-8(2)12(14)10-7-9(13)5-6-11(10)15-3/h5-8,12H,4,14H2,1-3H3/t8?,12-/m1/s1. The van der Waals surface area contributed by atoms with Gasteiger partial charge in [-0.2, -0.15) is 0 Å². The van der Waals surface area contributed by atoms with Crippen molar-refractivity contribution in [3.63, 3.8) is 0 Å². The van der Waals surface area contributed by atoms with Crippen molar-refractivity contribution in [2.24, 2.45) is 11.7 Å². The van der Waals surface area contributed by atoms with Gasteiger partial charge in [0.2, 0.25) is 0 Å². The summed E-state index contributed by atoms with van der Waals surface area (Å²) in [5.74, 6) is 1.23. The van der Waals surface area contributed by atoms with Crippen LogP contribution < -0.4 is 10.5 Å². The van der Waals surface area contributed by atoms with Crippen molar-refractivity contribution in [3.05, 3.63) is 28.8 Å². The third-order valence-electron chi connectivity index (χ3n) is 2.81. The molecule has 2 nitrogen and oxygen atoms in total. The van der Waals surface area contributed by atoms with Crippen LogP contribution in [0.2, 0.25) is 5.02 Å². The van der Waals surface area contributed by atoms with Gasteiger partial charge < -0.3 is 10.5 Å². The van der Waals surface area contributed by atoms with Crippen LogP contribution in [0.5, 0.6) is 5.75 Å². The lowest BCUT2D eigenvalue weighted by atomic mass is 9.93. The first-order valence-electron chi connectivity index (χ1n) is 5.19. The first-order valence-corrected chi connectivity index (χ1v) is 5.57. The largest absolute Gasteiger partial charge is 0.496 e. The summed E-state index contributed by atoms with van der Waals surface area (Å²) in [4.78, 5) is 0. The molecule has 0 aliphatic rings. The van der Waals surface area contributed by atoms with Gasteiger partial charge in [-0.25, -0.2) is 0 Å². The van der Waals surface area contributed by atoms with E-state index in [0.29, 0.717) is 10.9 Å². The first-order chi connectivity index (χ1) is 7.10. The van der Waals surface area contributed by atoms with E-state index in [1.54, 1.807) is 7.11 Å². The number of rotatable bonds is 4. The summed E-state index contributed by atoms with van der Waals surface area (Å²) in [6.07, 6.45) is 1.04. The second-order valence-electron chi connectivity index (χ2n) is 3.80. The predicted octanol–water partition coefficient (Wildman–Crippen LogP) is 3.39. The van der Waals surface area contributed by atoms with Crippen molar-refractivity contribution < 1.29 is 4.74 Å². The summed E-state index contributed by atoms with van der Waals surface area (Å²) in [6, 6.07) is 5.54. The Labute approximate surface area is 96.4 Å². The first kappa shape index (κ1) is 12.3. The lowest BCUT2D eigenvalue weighted by Crippen LogP contribution is -2.19. The highest BCUT2D eigenvalue weighted by Crippen LogP contribution is 2.31. The molecule has 0 aliphatic carbocycles. The van der Waals surface area contributed by atoms with Crippen LogP contribution in [0.3, 0.4) is 0 Å². The molecule has 0 bridgehead atoms. The molecule has 2 atom stereocenters. The van der Waals surface area contributed by atoms with Gasteiger partial charge in [0.25, 0.3) is 0 Å². The molecular formula is C12H18ClNO. The van der Waals surface area contributed by atoms with Gasteiger partial charge in [-0.3, -0.25) is 0 Å². The highest BCUT2D eigenvalue weighted by molar-refractivity contribution is 6.30. The summed E-state index contributed by atoms with van der Waals surface area (Å²) in [5.41, 5.74) is 7.14. The highest BCUT2D eigenvalue weighted by Gasteiger charge is 2.17. The zero-order chi connectivity index (χ0) is 11.4. The fourth-order valence-corrected chi connectivity index (χ4v) is 1.71. The third-order valence-corrected chi connectivity index (χ3v) is 3.04. The number of benzene rings is 1. The Hall–Kier alpha value is -0.730. The van der Waals surface area contributed by atoms with Crippen molar-refractivity contribution in [1.82, 2.24) is 0 Å². The van der Waals surface area contributed by atoms with Crippen LogP contribution in [0.4, 0.5) is 0 Å². The minimum Gasteiger partial charge on any atom is -0.496 e. The minimum absolute atomic E-state index is 0.0244. The van der Waals surface area contributed by atoms with Gasteiger partial charge in [0.1, 0.15) is 5.75 Å². The molecule has 1 rings (SSSR count). The molecule has 0 saturated carbocycles. The minimum atomic E-state index is -0.0244. The Morgan fingerprint density at radius 3 is 2.67 bits per heavy atom.